The van der Waals surface area contributed by atoms with Crippen LogP contribution in [0.1, 0.15) is 12.5 Å². The van der Waals surface area contributed by atoms with Crippen LogP contribution >= 0.6 is 11.8 Å². The number of β-lactam (4-membered cyclic amide) rings is 1. The molecule has 9 heteroatoms. The van der Waals surface area contributed by atoms with E-state index < -0.39 is 35.3 Å². The molecule has 0 radical (unpaired) electrons. The van der Waals surface area contributed by atoms with Crippen LogP contribution in [0.4, 0.5) is 0 Å². The number of amides is 2. The predicted octanol–water partition coefficient (Wildman–Crippen LogP) is 0.529. The van der Waals surface area contributed by atoms with Gasteiger partial charge in [-0.3, -0.25) is 14.4 Å². The molecule has 2 N–H and O–H groups in total. The van der Waals surface area contributed by atoms with Crippen LogP contribution in [-0.2, 0) is 30.3 Å². The number of hydrogen-bond acceptors (Lipinski definition) is 6. The largest absolute Gasteiger partial charge is 0.479 e. The molecule has 0 aromatic heterocycles. The maximum Gasteiger partial charge on any atom is 0.330 e. The van der Waals surface area contributed by atoms with E-state index in [4.69, 9.17) is 4.74 Å². The van der Waals surface area contributed by atoms with Crippen LogP contribution in [0.2, 0.25) is 0 Å². The summed E-state index contributed by atoms with van der Waals surface area (Å²) in [7, 11) is 0. The highest BCUT2D eigenvalue weighted by atomic mass is 32.2. The highest BCUT2D eigenvalue weighted by molar-refractivity contribution is 8.02. The molecule has 1 saturated heterocycles. The molecule has 0 spiro atoms. The third kappa shape index (κ3) is 3.97. The monoisotopic (exact) mass is 390 g/mol. The summed E-state index contributed by atoms with van der Waals surface area (Å²) in [5.74, 6) is -2.51. The lowest BCUT2D eigenvalue weighted by atomic mass is 9.98. The van der Waals surface area contributed by atoms with E-state index in [1.807, 2.05) is 30.3 Å². The average molecular weight is 390 g/mol. The number of aliphatic carboxylic acids is 1. The summed E-state index contributed by atoms with van der Waals surface area (Å²) in [5, 5.41) is 13.3. The SMILES string of the molecule is CC(=O)OCC1=CS[C@@H]2[C@H](NC(=O)Cc3ccccc3)C(=O)N2[C@@H]1C(=O)O. The van der Waals surface area contributed by atoms with Gasteiger partial charge in [0, 0.05) is 12.5 Å². The molecule has 0 saturated carbocycles. The normalized spacial score (nSPS) is 23.6. The Balaban J connectivity index is 1.67. The second-order valence-electron chi connectivity index (χ2n) is 6.19. The summed E-state index contributed by atoms with van der Waals surface area (Å²) in [5.41, 5.74) is 1.14. The molecule has 1 aromatic carbocycles. The number of nitrogens with zero attached hydrogens (tertiary/aromatic N) is 1. The highest BCUT2D eigenvalue weighted by Gasteiger charge is 2.55. The van der Waals surface area contributed by atoms with Crippen molar-refractivity contribution in [3.05, 3.63) is 46.9 Å². The van der Waals surface area contributed by atoms with Gasteiger partial charge in [-0.05, 0) is 11.0 Å². The molecule has 8 nitrogen and oxygen atoms in total. The number of carbonyl (C=O) groups excluding carboxylic acids is 3. The molecule has 2 aliphatic rings. The predicted molar refractivity (Wildman–Crippen MR) is 96.4 cm³/mol. The Morgan fingerprint density at radius 2 is 1.96 bits per heavy atom. The Kier molecular flexibility index (Phi) is 5.50. The fourth-order valence-corrected chi connectivity index (χ4v) is 4.23. The van der Waals surface area contributed by atoms with Crippen LogP contribution in [0.25, 0.3) is 0 Å². The van der Waals surface area contributed by atoms with E-state index in [-0.39, 0.29) is 18.9 Å². The maximum atomic E-state index is 12.5. The highest BCUT2D eigenvalue weighted by Crippen LogP contribution is 2.40. The van der Waals surface area contributed by atoms with E-state index in [0.717, 1.165) is 5.56 Å². The third-order valence-corrected chi connectivity index (χ3v) is 5.49. The molecule has 2 heterocycles. The molecular formula is C18H18N2O6S. The van der Waals surface area contributed by atoms with E-state index in [0.29, 0.717) is 5.57 Å². The maximum absolute atomic E-state index is 12.5. The minimum absolute atomic E-state index is 0.137. The number of esters is 1. The number of nitrogens with one attached hydrogen (secondary N) is 1. The van der Waals surface area contributed by atoms with Gasteiger partial charge < -0.3 is 20.1 Å². The van der Waals surface area contributed by atoms with Crippen molar-refractivity contribution in [1.82, 2.24) is 10.2 Å². The van der Waals surface area contributed by atoms with Crippen LogP contribution in [0.3, 0.4) is 0 Å². The number of carbonyl (C=O) groups is 4. The van der Waals surface area contributed by atoms with Crippen molar-refractivity contribution in [1.29, 1.82) is 0 Å². The Morgan fingerprint density at radius 3 is 2.59 bits per heavy atom. The van der Waals surface area contributed by atoms with Crippen molar-refractivity contribution in [2.45, 2.75) is 30.8 Å². The van der Waals surface area contributed by atoms with Crippen molar-refractivity contribution >= 4 is 35.5 Å². The summed E-state index contributed by atoms with van der Waals surface area (Å²) < 4.78 is 4.87. The van der Waals surface area contributed by atoms with Gasteiger partial charge in [-0.1, -0.05) is 30.3 Å². The first-order valence-electron chi connectivity index (χ1n) is 8.24. The molecule has 0 unspecified atom stereocenters. The van der Waals surface area contributed by atoms with E-state index in [2.05, 4.69) is 5.32 Å². The van der Waals surface area contributed by atoms with Crippen LogP contribution < -0.4 is 5.32 Å². The minimum Gasteiger partial charge on any atom is -0.479 e. The van der Waals surface area contributed by atoms with E-state index in [1.54, 1.807) is 5.41 Å². The van der Waals surface area contributed by atoms with Crippen LogP contribution in [0, 0.1) is 0 Å². The number of thioether (sulfide) groups is 1. The van der Waals surface area contributed by atoms with Gasteiger partial charge in [-0.25, -0.2) is 4.79 Å². The van der Waals surface area contributed by atoms with Gasteiger partial charge in [0.1, 0.15) is 18.0 Å². The fraction of sp³-hybridized carbons (Fsp3) is 0.333. The van der Waals surface area contributed by atoms with Crippen LogP contribution in [0.5, 0.6) is 0 Å². The summed E-state index contributed by atoms with van der Waals surface area (Å²) in [6, 6.07) is 7.14. The van der Waals surface area contributed by atoms with Gasteiger partial charge in [0.25, 0.3) is 0 Å². The lowest BCUT2D eigenvalue weighted by Crippen LogP contribution is -2.74. The Hall–Kier alpha value is -2.81. The van der Waals surface area contributed by atoms with E-state index in [1.165, 1.54) is 23.6 Å². The molecule has 1 aromatic rings. The molecule has 27 heavy (non-hydrogen) atoms. The lowest BCUT2D eigenvalue weighted by molar-refractivity contribution is -0.160. The lowest BCUT2D eigenvalue weighted by Gasteiger charge is -2.51. The number of rotatable bonds is 6. The third-order valence-electron chi connectivity index (χ3n) is 4.27. The fourth-order valence-electron chi connectivity index (χ4n) is 3.02. The molecule has 3 rings (SSSR count). The molecule has 1 fully saturated rings. The second-order valence-corrected chi connectivity index (χ2v) is 7.18. The summed E-state index contributed by atoms with van der Waals surface area (Å²) in [6.07, 6.45) is 0.137. The Morgan fingerprint density at radius 1 is 1.26 bits per heavy atom. The molecule has 3 atom stereocenters. The van der Waals surface area contributed by atoms with Crippen molar-refractivity contribution in [3.63, 3.8) is 0 Å². The molecule has 0 bridgehead atoms. The second kappa shape index (κ2) is 7.83. The van der Waals surface area contributed by atoms with Crippen molar-refractivity contribution < 1.29 is 29.0 Å². The molecule has 142 valence electrons. The first-order chi connectivity index (χ1) is 12.9. The summed E-state index contributed by atoms with van der Waals surface area (Å²) >= 11 is 1.23. The van der Waals surface area contributed by atoms with E-state index >= 15 is 0 Å². The average Bonchev–Trinajstić information content (AvgIpc) is 2.64. The van der Waals surface area contributed by atoms with Crippen molar-refractivity contribution in [3.8, 4) is 0 Å². The molecule has 2 amide bonds. The minimum atomic E-state index is -1.21. The number of benzene rings is 1. The number of hydrogen-bond donors (Lipinski definition) is 2. The van der Waals surface area contributed by atoms with E-state index in [9.17, 15) is 24.3 Å². The van der Waals surface area contributed by atoms with Gasteiger partial charge in [0.15, 0.2) is 6.04 Å². The molecule has 0 aliphatic carbocycles. The van der Waals surface area contributed by atoms with Crippen molar-refractivity contribution in [2.75, 3.05) is 6.61 Å². The zero-order chi connectivity index (χ0) is 19.6. The van der Waals surface area contributed by atoms with Gasteiger partial charge in [-0.15, -0.1) is 11.8 Å². The topological polar surface area (TPSA) is 113 Å². The standard InChI is InChI=1S/C18H18N2O6S/c1-10(21)26-8-12-9-27-17-14(16(23)20(17)15(12)18(24)25)19-13(22)7-11-5-3-2-4-6-11/h2-6,9,14-15,17H,7-8H2,1H3,(H,19,22)(H,24,25)/t14-,15+,17-/m1/s1. The van der Waals surface area contributed by atoms with Gasteiger partial charge in [0.05, 0.1) is 6.42 Å². The molecular weight excluding hydrogens is 372 g/mol. The quantitative estimate of drug-likeness (QED) is 0.538. The van der Waals surface area contributed by atoms with Crippen LogP contribution in [0.15, 0.2) is 41.3 Å². The number of fused-ring (bicyclic) bond motifs is 1. The first kappa shape index (κ1) is 19.0. The molecule has 2 aliphatic heterocycles. The van der Waals surface area contributed by atoms with Gasteiger partial charge >= 0.3 is 11.9 Å². The smallest absolute Gasteiger partial charge is 0.330 e. The Bertz CT molecular complexity index is 809. The van der Waals surface area contributed by atoms with Gasteiger partial charge in [0.2, 0.25) is 11.8 Å². The zero-order valence-electron chi connectivity index (χ0n) is 14.5. The zero-order valence-corrected chi connectivity index (χ0v) is 15.3. The summed E-state index contributed by atoms with van der Waals surface area (Å²) in [4.78, 5) is 48.5. The number of carboxylic acids is 1. The van der Waals surface area contributed by atoms with Crippen molar-refractivity contribution in [2.24, 2.45) is 0 Å². The number of ether oxygens (including phenoxy) is 1. The van der Waals surface area contributed by atoms with Crippen LogP contribution in [-0.4, -0.2) is 57.8 Å². The first-order valence-corrected chi connectivity index (χ1v) is 9.19. The van der Waals surface area contributed by atoms with Gasteiger partial charge in [-0.2, -0.15) is 0 Å². The Labute approximate surface area is 159 Å². The number of carboxylic acid groups (broad SMARTS) is 1. The summed E-state index contributed by atoms with van der Waals surface area (Å²) in [6.45, 7) is 1.03.